The first-order valence-electron chi connectivity index (χ1n) is 4.63. The molecule has 2 heterocycles. The largest absolute Gasteiger partial charge is 0.378 e. The quantitative estimate of drug-likeness (QED) is 0.620. The number of ether oxygens (including phenoxy) is 1. The highest BCUT2D eigenvalue weighted by Crippen LogP contribution is 2.46. The molecule has 2 fully saturated rings. The van der Waals surface area contributed by atoms with Crippen molar-refractivity contribution in [3.8, 4) is 0 Å². The minimum atomic E-state index is 0.214. The maximum atomic E-state index is 5.57. The van der Waals surface area contributed by atoms with Crippen LogP contribution in [0.3, 0.4) is 0 Å². The summed E-state index contributed by atoms with van der Waals surface area (Å²) in [5, 5.41) is 3.62. The molecular weight excluding hydrogens is 170 g/mol. The van der Waals surface area contributed by atoms with Crippen LogP contribution in [0.5, 0.6) is 0 Å². The molecule has 0 saturated carbocycles. The van der Waals surface area contributed by atoms with Gasteiger partial charge in [-0.05, 0) is 18.7 Å². The fourth-order valence-electron chi connectivity index (χ4n) is 1.95. The van der Waals surface area contributed by atoms with E-state index in [0.29, 0.717) is 0 Å². The third kappa shape index (κ3) is 1.19. The first-order chi connectivity index (χ1) is 5.66. The Morgan fingerprint density at radius 1 is 1.33 bits per heavy atom. The van der Waals surface area contributed by atoms with Gasteiger partial charge in [0.05, 0.1) is 18.1 Å². The van der Waals surface area contributed by atoms with E-state index in [9.17, 15) is 0 Å². The Kier molecular flexibility index (Phi) is 2.13. The lowest BCUT2D eigenvalue weighted by Crippen LogP contribution is -2.55. The molecule has 0 amide bonds. The van der Waals surface area contributed by atoms with E-state index >= 15 is 0 Å². The van der Waals surface area contributed by atoms with Crippen LogP contribution in [-0.2, 0) is 4.74 Å². The topological polar surface area (TPSA) is 21.3 Å². The van der Waals surface area contributed by atoms with Gasteiger partial charge in [-0.2, -0.15) is 0 Å². The van der Waals surface area contributed by atoms with Crippen LogP contribution in [-0.4, -0.2) is 30.4 Å². The van der Waals surface area contributed by atoms with Crippen molar-refractivity contribution in [2.75, 3.05) is 25.5 Å². The molecule has 2 saturated heterocycles. The van der Waals surface area contributed by atoms with Crippen LogP contribution in [0.2, 0.25) is 0 Å². The second-order valence-electron chi connectivity index (χ2n) is 4.33. The number of nitrogens with one attached hydrogen (secondary N) is 1. The van der Waals surface area contributed by atoms with Crippen LogP contribution in [0.15, 0.2) is 0 Å². The van der Waals surface area contributed by atoms with Gasteiger partial charge in [0, 0.05) is 5.41 Å². The van der Waals surface area contributed by atoms with Gasteiger partial charge in [-0.15, -0.1) is 11.8 Å². The molecule has 2 rings (SSSR count). The summed E-state index contributed by atoms with van der Waals surface area (Å²) in [5.41, 5.74) is 0.290. The summed E-state index contributed by atoms with van der Waals surface area (Å²) in [5.74, 6) is 1.28. The van der Waals surface area contributed by atoms with Crippen LogP contribution >= 0.6 is 11.8 Å². The Morgan fingerprint density at radius 3 is 2.67 bits per heavy atom. The molecule has 0 aromatic carbocycles. The average Bonchev–Trinajstić information content (AvgIpc) is 2.30. The maximum absolute atomic E-state index is 5.57. The minimum absolute atomic E-state index is 0.214. The SMILES string of the molecule is CC1(C)COCC12NCCCS2. The number of hydrogen-bond donors (Lipinski definition) is 1. The summed E-state index contributed by atoms with van der Waals surface area (Å²) in [4.78, 5) is 0.214. The molecule has 0 aliphatic carbocycles. The summed E-state index contributed by atoms with van der Waals surface area (Å²) in [6.45, 7) is 7.52. The summed E-state index contributed by atoms with van der Waals surface area (Å²) in [7, 11) is 0. The first kappa shape index (κ1) is 8.85. The van der Waals surface area contributed by atoms with Crippen molar-refractivity contribution in [1.82, 2.24) is 5.32 Å². The Morgan fingerprint density at radius 2 is 2.17 bits per heavy atom. The van der Waals surface area contributed by atoms with Crippen LogP contribution in [0.1, 0.15) is 20.3 Å². The normalized spacial score (nSPS) is 40.5. The van der Waals surface area contributed by atoms with Crippen molar-refractivity contribution < 1.29 is 4.74 Å². The molecule has 12 heavy (non-hydrogen) atoms. The van der Waals surface area contributed by atoms with Gasteiger partial charge in [-0.1, -0.05) is 13.8 Å². The zero-order valence-electron chi connectivity index (χ0n) is 7.85. The third-order valence-electron chi connectivity index (χ3n) is 2.94. The zero-order chi connectivity index (χ0) is 8.66. The lowest BCUT2D eigenvalue weighted by molar-refractivity contribution is 0.166. The molecule has 2 nitrogen and oxygen atoms in total. The van der Waals surface area contributed by atoms with Crippen LogP contribution in [0.25, 0.3) is 0 Å². The van der Waals surface area contributed by atoms with E-state index in [1.54, 1.807) is 0 Å². The second-order valence-corrected chi connectivity index (χ2v) is 5.73. The first-order valence-corrected chi connectivity index (χ1v) is 5.62. The van der Waals surface area contributed by atoms with Crippen LogP contribution in [0.4, 0.5) is 0 Å². The Balaban J connectivity index is 2.17. The van der Waals surface area contributed by atoms with Crippen LogP contribution in [0, 0.1) is 5.41 Å². The monoisotopic (exact) mass is 187 g/mol. The summed E-state index contributed by atoms with van der Waals surface area (Å²) in [6.07, 6.45) is 1.29. The maximum Gasteiger partial charge on any atom is 0.0955 e. The van der Waals surface area contributed by atoms with E-state index in [1.165, 1.54) is 12.2 Å². The molecule has 70 valence electrons. The molecule has 1 atom stereocenters. The van der Waals surface area contributed by atoms with Crippen molar-refractivity contribution in [2.24, 2.45) is 5.41 Å². The molecule has 0 bridgehead atoms. The highest BCUT2D eigenvalue weighted by molar-refractivity contribution is 8.00. The molecule has 0 radical (unpaired) electrons. The van der Waals surface area contributed by atoms with Gasteiger partial charge in [0.15, 0.2) is 0 Å². The molecule has 3 heteroatoms. The van der Waals surface area contributed by atoms with Gasteiger partial charge >= 0.3 is 0 Å². The Bertz CT molecular complexity index is 175. The van der Waals surface area contributed by atoms with E-state index in [4.69, 9.17) is 4.74 Å². The fourth-order valence-corrected chi connectivity index (χ4v) is 3.41. The molecule has 2 aliphatic heterocycles. The van der Waals surface area contributed by atoms with E-state index in [1.807, 2.05) is 11.8 Å². The van der Waals surface area contributed by atoms with Crippen molar-refractivity contribution in [3.05, 3.63) is 0 Å². The Labute approximate surface area is 78.4 Å². The van der Waals surface area contributed by atoms with E-state index in [0.717, 1.165) is 19.8 Å². The van der Waals surface area contributed by atoms with Gasteiger partial charge in [0.1, 0.15) is 0 Å². The lowest BCUT2D eigenvalue weighted by atomic mass is 9.87. The van der Waals surface area contributed by atoms with E-state index in [2.05, 4.69) is 19.2 Å². The van der Waals surface area contributed by atoms with Gasteiger partial charge < -0.3 is 10.1 Å². The standard InChI is InChI=1S/C9H17NOS/c1-8(2)6-11-7-9(8)10-4-3-5-12-9/h10H,3-7H2,1-2H3. The third-order valence-corrected chi connectivity index (χ3v) is 4.74. The fraction of sp³-hybridized carbons (Fsp3) is 1.00. The number of thioether (sulfide) groups is 1. The predicted octanol–water partition coefficient (Wildman–Crippen LogP) is 1.47. The molecule has 1 spiro atoms. The van der Waals surface area contributed by atoms with E-state index in [-0.39, 0.29) is 10.3 Å². The Hall–Kier alpha value is 0.270. The summed E-state index contributed by atoms with van der Waals surface area (Å²) < 4.78 is 5.57. The van der Waals surface area contributed by atoms with Gasteiger partial charge in [0.2, 0.25) is 0 Å². The van der Waals surface area contributed by atoms with Crippen molar-refractivity contribution in [2.45, 2.75) is 25.1 Å². The van der Waals surface area contributed by atoms with E-state index < -0.39 is 0 Å². The van der Waals surface area contributed by atoms with Crippen molar-refractivity contribution >= 4 is 11.8 Å². The summed E-state index contributed by atoms with van der Waals surface area (Å²) >= 11 is 2.04. The highest BCUT2D eigenvalue weighted by atomic mass is 32.2. The minimum Gasteiger partial charge on any atom is -0.378 e. The lowest BCUT2D eigenvalue weighted by Gasteiger charge is -2.42. The van der Waals surface area contributed by atoms with Crippen molar-refractivity contribution in [3.63, 3.8) is 0 Å². The highest BCUT2D eigenvalue weighted by Gasteiger charge is 2.51. The number of rotatable bonds is 0. The smallest absolute Gasteiger partial charge is 0.0955 e. The number of hydrogen-bond acceptors (Lipinski definition) is 3. The molecular formula is C9H17NOS. The molecule has 2 aliphatic rings. The van der Waals surface area contributed by atoms with Gasteiger partial charge in [-0.3, -0.25) is 0 Å². The molecule has 1 N–H and O–H groups in total. The molecule has 1 unspecified atom stereocenters. The molecule has 0 aromatic heterocycles. The second kappa shape index (κ2) is 2.89. The van der Waals surface area contributed by atoms with Gasteiger partial charge in [-0.25, -0.2) is 0 Å². The van der Waals surface area contributed by atoms with Gasteiger partial charge in [0.25, 0.3) is 0 Å². The zero-order valence-corrected chi connectivity index (χ0v) is 8.67. The van der Waals surface area contributed by atoms with Crippen molar-refractivity contribution in [1.29, 1.82) is 0 Å². The predicted molar refractivity (Wildman–Crippen MR) is 52.4 cm³/mol. The van der Waals surface area contributed by atoms with Crippen LogP contribution < -0.4 is 5.32 Å². The average molecular weight is 187 g/mol. The molecule has 0 aromatic rings. The summed E-state index contributed by atoms with van der Waals surface area (Å²) in [6, 6.07) is 0.